The molecule has 0 heterocycles. The summed E-state index contributed by atoms with van der Waals surface area (Å²) in [5.41, 5.74) is 0.0550. The Bertz CT molecular complexity index is 132. The van der Waals surface area contributed by atoms with E-state index in [1.54, 1.807) is 6.92 Å². The molecule has 52 valence electrons. The summed E-state index contributed by atoms with van der Waals surface area (Å²) in [6, 6.07) is 0. The van der Waals surface area contributed by atoms with E-state index < -0.39 is 0 Å². The van der Waals surface area contributed by atoms with Crippen LogP contribution in [0.3, 0.4) is 0 Å². The van der Waals surface area contributed by atoms with E-state index in [1.165, 1.54) is 0 Å². The van der Waals surface area contributed by atoms with Gasteiger partial charge in [0.25, 0.3) is 0 Å². The Labute approximate surface area is 56.4 Å². The van der Waals surface area contributed by atoms with Gasteiger partial charge >= 0.3 is 0 Å². The number of ketones is 1. The first kappa shape index (κ1) is 6.79. The van der Waals surface area contributed by atoms with E-state index in [9.17, 15) is 4.79 Å². The maximum absolute atomic E-state index is 10.9. The average molecular weight is 126 g/mol. The van der Waals surface area contributed by atoms with E-state index >= 15 is 0 Å². The molecule has 1 rings (SSSR count). The molecule has 1 aliphatic rings. The highest BCUT2D eigenvalue weighted by Crippen LogP contribution is 2.45. The summed E-state index contributed by atoms with van der Waals surface area (Å²) in [5.74, 6) is 1.14. The van der Waals surface area contributed by atoms with Gasteiger partial charge in [0.1, 0.15) is 5.78 Å². The minimum absolute atomic E-state index is 0.0550. The van der Waals surface area contributed by atoms with Crippen molar-refractivity contribution >= 4 is 5.78 Å². The summed E-state index contributed by atoms with van der Waals surface area (Å²) >= 11 is 0. The Morgan fingerprint density at radius 1 is 1.56 bits per heavy atom. The van der Waals surface area contributed by atoms with Crippen LogP contribution < -0.4 is 0 Å². The highest BCUT2D eigenvalue weighted by atomic mass is 16.1. The first-order valence-corrected chi connectivity index (χ1v) is 3.56. The molecule has 1 saturated carbocycles. The predicted molar refractivity (Wildman–Crippen MR) is 37.2 cm³/mol. The van der Waals surface area contributed by atoms with E-state index in [1.807, 2.05) is 0 Å². The lowest BCUT2D eigenvalue weighted by atomic mass is 9.62. The molecule has 0 amide bonds. The molecule has 0 bridgehead atoms. The lowest BCUT2D eigenvalue weighted by Crippen LogP contribution is -2.38. The van der Waals surface area contributed by atoms with Gasteiger partial charge in [-0.2, -0.15) is 0 Å². The van der Waals surface area contributed by atoms with Gasteiger partial charge in [-0.3, -0.25) is 4.79 Å². The summed E-state index contributed by atoms with van der Waals surface area (Å²) in [6.45, 7) is 5.96. The Hall–Kier alpha value is -0.330. The van der Waals surface area contributed by atoms with Crippen LogP contribution in [-0.4, -0.2) is 5.78 Å². The molecule has 0 unspecified atom stereocenters. The summed E-state index contributed by atoms with van der Waals surface area (Å²) in [4.78, 5) is 10.9. The zero-order chi connectivity index (χ0) is 7.07. The van der Waals surface area contributed by atoms with Gasteiger partial charge in [-0.05, 0) is 25.7 Å². The number of carbonyl (C=O) groups excluding carboxylic acids is 1. The van der Waals surface area contributed by atoms with Gasteiger partial charge in [0.15, 0.2) is 0 Å². The van der Waals surface area contributed by atoms with Gasteiger partial charge in [0.05, 0.1) is 0 Å². The van der Waals surface area contributed by atoms with Crippen molar-refractivity contribution in [2.24, 2.45) is 11.3 Å². The summed E-state index contributed by atoms with van der Waals surface area (Å²) in [6.07, 6.45) is 2.20. The predicted octanol–water partition coefficient (Wildman–Crippen LogP) is 2.01. The van der Waals surface area contributed by atoms with E-state index in [-0.39, 0.29) is 5.41 Å². The third-order valence-electron chi connectivity index (χ3n) is 2.45. The molecular weight excluding hydrogens is 112 g/mol. The van der Waals surface area contributed by atoms with Crippen molar-refractivity contribution in [1.29, 1.82) is 0 Å². The lowest BCUT2D eigenvalue weighted by Gasteiger charge is -2.41. The molecule has 0 aromatic heterocycles. The smallest absolute Gasteiger partial charge is 0.135 e. The van der Waals surface area contributed by atoms with Crippen molar-refractivity contribution in [2.45, 2.75) is 33.6 Å². The summed E-state index contributed by atoms with van der Waals surface area (Å²) < 4.78 is 0. The molecule has 0 aromatic rings. The summed E-state index contributed by atoms with van der Waals surface area (Å²) in [7, 11) is 0. The van der Waals surface area contributed by atoms with Crippen LogP contribution in [-0.2, 0) is 4.79 Å². The molecule has 0 aromatic carbocycles. The highest BCUT2D eigenvalue weighted by Gasteiger charge is 2.41. The Morgan fingerprint density at radius 2 is 2.00 bits per heavy atom. The minimum atomic E-state index is 0.0550. The highest BCUT2D eigenvalue weighted by molar-refractivity contribution is 5.82. The fraction of sp³-hybridized carbons (Fsp3) is 0.875. The standard InChI is InChI=1S/C8H14O/c1-6-4-8(3,5-6)7(2)9/h6H,4-5H2,1-3H3/t6-,8+. The maximum Gasteiger partial charge on any atom is 0.135 e. The Balaban J connectivity index is 2.50. The van der Waals surface area contributed by atoms with Crippen molar-refractivity contribution in [3.63, 3.8) is 0 Å². The SMILES string of the molecule is CC(=O)[C@]1(C)C[C@H](C)C1. The maximum atomic E-state index is 10.9. The molecule has 1 nitrogen and oxygen atoms in total. The van der Waals surface area contributed by atoms with E-state index in [0.717, 1.165) is 18.8 Å². The average Bonchev–Trinajstić information content (AvgIpc) is 1.62. The Kier molecular flexibility index (Phi) is 1.38. The third kappa shape index (κ3) is 1.00. The zero-order valence-corrected chi connectivity index (χ0v) is 6.40. The molecule has 0 saturated heterocycles. The normalized spacial score (nSPS) is 41.9. The van der Waals surface area contributed by atoms with Crippen LogP contribution in [0.15, 0.2) is 0 Å². The van der Waals surface area contributed by atoms with Crippen LogP contribution in [0.4, 0.5) is 0 Å². The number of hydrogen-bond acceptors (Lipinski definition) is 1. The van der Waals surface area contributed by atoms with Gasteiger partial charge in [-0.1, -0.05) is 13.8 Å². The second-order valence-corrected chi connectivity index (χ2v) is 3.63. The van der Waals surface area contributed by atoms with E-state index in [0.29, 0.717) is 5.78 Å². The van der Waals surface area contributed by atoms with Gasteiger partial charge in [0, 0.05) is 5.41 Å². The monoisotopic (exact) mass is 126 g/mol. The quantitative estimate of drug-likeness (QED) is 0.525. The second kappa shape index (κ2) is 1.83. The number of rotatable bonds is 1. The number of Topliss-reactive ketones (excluding diaryl/α,β-unsaturated/α-hetero) is 1. The first-order chi connectivity index (χ1) is 4.04. The molecule has 0 N–H and O–H groups in total. The van der Waals surface area contributed by atoms with Crippen molar-refractivity contribution in [3.05, 3.63) is 0 Å². The van der Waals surface area contributed by atoms with Crippen LogP contribution in [0, 0.1) is 11.3 Å². The van der Waals surface area contributed by atoms with E-state index in [4.69, 9.17) is 0 Å². The molecule has 0 radical (unpaired) electrons. The fourth-order valence-corrected chi connectivity index (χ4v) is 1.77. The van der Waals surface area contributed by atoms with Gasteiger partial charge in [-0.25, -0.2) is 0 Å². The Morgan fingerprint density at radius 3 is 2.11 bits per heavy atom. The molecule has 0 atom stereocenters. The van der Waals surface area contributed by atoms with Crippen LogP contribution in [0.1, 0.15) is 33.6 Å². The minimum Gasteiger partial charge on any atom is -0.299 e. The van der Waals surface area contributed by atoms with Crippen molar-refractivity contribution < 1.29 is 4.79 Å². The largest absolute Gasteiger partial charge is 0.299 e. The van der Waals surface area contributed by atoms with Gasteiger partial charge in [0.2, 0.25) is 0 Å². The van der Waals surface area contributed by atoms with Crippen LogP contribution in [0.25, 0.3) is 0 Å². The fourth-order valence-electron chi connectivity index (χ4n) is 1.77. The molecule has 0 spiro atoms. The molecule has 1 heteroatoms. The van der Waals surface area contributed by atoms with Crippen molar-refractivity contribution in [1.82, 2.24) is 0 Å². The molecule has 0 aliphatic heterocycles. The van der Waals surface area contributed by atoms with E-state index in [2.05, 4.69) is 13.8 Å². The van der Waals surface area contributed by atoms with Crippen molar-refractivity contribution in [3.8, 4) is 0 Å². The molecule has 1 fully saturated rings. The first-order valence-electron chi connectivity index (χ1n) is 3.56. The summed E-state index contributed by atoms with van der Waals surface area (Å²) in [5, 5.41) is 0. The van der Waals surface area contributed by atoms with Gasteiger partial charge < -0.3 is 0 Å². The molecule has 9 heavy (non-hydrogen) atoms. The topological polar surface area (TPSA) is 17.1 Å². The molecular formula is C8H14O. The van der Waals surface area contributed by atoms with Gasteiger partial charge in [-0.15, -0.1) is 0 Å². The molecule has 1 aliphatic carbocycles. The number of hydrogen-bond donors (Lipinski definition) is 0. The lowest BCUT2D eigenvalue weighted by molar-refractivity contribution is -0.132. The van der Waals surface area contributed by atoms with Crippen LogP contribution >= 0.6 is 0 Å². The van der Waals surface area contributed by atoms with Crippen molar-refractivity contribution in [2.75, 3.05) is 0 Å². The zero-order valence-electron chi connectivity index (χ0n) is 6.40. The number of carbonyl (C=O) groups is 1. The third-order valence-corrected chi connectivity index (χ3v) is 2.45. The second-order valence-electron chi connectivity index (χ2n) is 3.63. The van der Waals surface area contributed by atoms with Crippen LogP contribution in [0.2, 0.25) is 0 Å². The van der Waals surface area contributed by atoms with Crippen LogP contribution in [0.5, 0.6) is 0 Å².